The highest BCUT2D eigenvalue weighted by atomic mass is 16.5. The van der Waals surface area contributed by atoms with Gasteiger partial charge in [-0.2, -0.15) is 0 Å². The van der Waals surface area contributed by atoms with Gasteiger partial charge in [-0.15, -0.1) is 0 Å². The normalized spacial score (nSPS) is 29.4. The molecule has 0 spiro atoms. The van der Waals surface area contributed by atoms with Crippen LogP contribution in [0.3, 0.4) is 0 Å². The van der Waals surface area contributed by atoms with Crippen molar-refractivity contribution >= 4 is 0 Å². The summed E-state index contributed by atoms with van der Waals surface area (Å²) in [7, 11) is 3.40. The molecule has 0 saturated carbocycles. The summed E-state index contributed by atoms with van der Waals surface area (Å²) in [4.78, 5) is 2.53. The van der Waals surface area contributed by atoms with Crippen molar-refractivity contribution in [1.29, 1.82) is 0 Å². The van der Waals surface area contributed by atoms with Crippen molar-refractivity contribution in [3.05, 3.63) is 23.8 Å². The highest BCUT2D eigenvalue weighted by Gasteiger charge is 2.40. The Balaban J connectivity index is 1.81. The number of hydrogen-bond acceptors (Lipinski definition) is 4. The number of aliphatic hydroxyl groups is 1. The molecular formula is C16H23NO3. The zero-order chi connectivity index (χ0) is 14.1. The van der Waals surface area contributed by atoms with Crippen LogP contribution in [0.15, 0.2) is 18.2 Å². The fraction of sp³-hybridized carbons (Fsp3) is 0.625. The molecule has 3 rings (SSSR count). The fourth-order valence-electron chi connectivity index (χ4n) is 3.71. The second-order valence-corrected chi connectivity index (χ2v) is 5.86. The number of ether oxygens (including phenoxy) is 2. The third-order valence-electron chi connectivity index (χ3n) is 4.70. The number of fused-ring (bicyclic) bond motifs is 2. The van der Waals surface area contributed by atoms with Crippen molar-refractivity contribution in [3.63, 3.8) is 0 Å². The predicted molar refractivity (Wildman–Crippen MR) is 77.1 cm³/mol. The molecule has 1 aromatic rings. The molecule has 4 nitrogen and oxygen atoms in total. The van der Waals surface area contributed by atoms with E-state index in [9.17, 15) is 5.11 Å². The number of aliphatic hydroxyl groups excluding tert-OH is 1. The minimum atomic E-state index is -0.115. The van der Waals surface area contributed by atoms with E-state index in [-0.39, 0.29) is 6.10 Å². The second kappa shape index (κ2) is 5.62. The van der Waals surface area contributed by atoms with Crippen LogP contribution in [-0.4, -0.2) is 42.4 Å². The van der Waals surface area contributed by atoms with Crippen LogP contribution in [-0.2, 0) is 6.54 Å². The minimum Gasteiger partial charge on any atom is -0.497 e. The third kappa shape index (κ3) is 2.50. The van der Waals surface area contributed by atoms with Crippen LogP contribution >= 0.6 is 0 Å². The summed E-state index contributed by atoms with van der Waals surface area (Å²) in [6, 6.07) is 6.98. The summed E-state index contributed by atoms with van der Waals surface area (Å²) in [6.07, 6.45) is 4.10. The summed E-state index contributed by atoms with van der Waals surface area (Å²) in [5.41, 5.74) is 1.17. The van der Waals surface area contributed by atoms with Gasteiger partial charge in [0, 0.05) is 24.2 Å². The number of nitrogens with zero attached hydrogens (tertiary/aromatic N) is 1. The first-order chi connectivity index (χ1) is 9.71. The lowest BCUT2D eigenvalue weighted by Crippen LogP contribution is -2.44. The van der Waals surface area contributed by atoms with Crippen LogP contribution in [0.25, 0.3) is 0 Å². The number of rotatable bonds is 4. The van der Waals surface area contributed by atoms with E-state index < -0.39 is 0 Å². The zero-order valence-corrected chi connectivity index (χ0v) is 12.2. The lowest BCUT2D eigenvalue weighted by atomic mass is 9.99. The van der Waals surface area contributed by atoms with E-state index in [0.717, 1.165) is 30.9 Å². The van der Waals surface area contributed by atoms with Crippen LogP contribution in [0.5, 0.6) is 11.5 Å². The van der Waals surface area contributed by atoms with Crippen LogP contribution in [0.4, 0.5) is 0 Å². The molecular weight excluding hydrogens is 254 g/mol. The number of hydrogen-bond donors (Lipinski definition) is 1. The molecule has 2 fully saturated rings. The van der Waals surface area contributed by atoms with E-state index in [1.54, 1.807) is 14.2 Å². The van der Waals surface area contributed by atoms with Gasteiger partial charge >= 0.3 is 0 Å². The van der Waals surface area contributed by atoms with Gasteiger partial charge in [-0.25, -0.2) is 0 Å². The lowest BCUT2D eigenvalue weighted by Gasteiger charge is -2.37. The third-order valence-corrected chi connectivity index (χ3v) is 4.70. The minimum absolute atomic E-state index is 0.115. The fourth-order valence-corrected chi connectivity index (χ4v) is 3.71. The molecule has 2 saturated heterocycles. The summed E-state index contributed by atoms with van der Waals surface area (Å²) in [6.45, 7) is 0.877. The van der Waals surface area contributed by atoms with Crippen molar-refractivity contribution in [2.45, 2.75) is 50.4 Å². The Morgan fingerprint density at radius 2 is 1.85 bits per heavy atom. The highest BCUT2D eigenvalue weighted by Crippen LogP contribution is 2.38. The van der Waals surface area contributed by atoms with Crippen molar-refractivity contribution in [1.82, 2.24) is 4.90 Å². The van der Waals surface area contributed by atoms with Gasteiger partial charge in [0.05, 0.1) is 20.3 Å². The second-order valence-electron chi connectivity index (χ2n) is 5.86. The molecule has 4 heteroatoms. The Morgan fingerprint density at radius 3 is 2.45 bits per heavy atom. The van der Waals surface area contributed by atoms with E-state index in [1.165, 1.54) is 18.4 Å². The van der Waals surface area contributed by atoms with Crippen LogP contribution in [0.1, 0.15) is 31.2 Å². The topological polar surface area (TPSA) is 41.9 Å². The molecule has 1 aromatic carbocycles. The van der Waals surface area contributed by atoms with Crippen LogP contribution < -0.4 is 9.47 Å². The van der Waals surface area contributed by atoms with E-state index >= 15 is 0 Å². The number of piperidine rings is 1. The maximum absolute atomic E-state index is 9.89. The summed E-state index contributed by atoms with van der Waals surface area (Å²) in [5.74, 6) is 1.78. The van der Waals surface area contributed by atoms with Gasteiger partial charge in [0.1, 0.15) is 11.5 Å². The number of methoxy groups -OCH3 is 2. The van der Waals surface area contributed by atoms with E-state index in [4.69, 9.17) is 9.47 Å². The molecule has 0 aliphatic carbocycles. The molecule has 2 atom stereocenters. The molecule has 2 aliphatic rings. The molecule has 2 aliphatic heterocycles. The molecule has 2 unspecified atom stereocenters. The Bertz CT molecular complexity index is 463. The summed E-state index contributed by atoms with van der Waals surface area (Å²) >= 11 is 0. The van der Waals surface area contributed by atoms with Crippen molar-refractivity contribution in [2.24, 2.45) is 0 Å². The smallest absolute Gasteiger partial charge is 0.123 e. The summed E-state index contributed by atoms with van der Waals surface area (Å²) < 4.78 is 10.8. The number of benzene rings is 1. The molecule has 0 amide bonds. The Hall–Kier alpha value is -1.26. The molecule has 0 radical (unpaired) electrons. The molecule has 20 heavy (non-hydrogen) atoms. The Morgan fingerprint density at radius 1 is 1.15 bits per heavy atom. The van der Waals surface area contributed by atoms with Gasteiger partial charge in [-0.05, 0) is 43.9 Å². The Kier molecular flexibility index (Phi) is 3.85. The van der Waals surface area contributed by atoms with E-state index in [1.807, 2.05) is 12.1 Å². The predicted octanol–water partition coefficient (Wildman–Crippen LogP) is 2.19. The van der Waals surface area contributed by atoms with Gasteiger partial charge in [0.2, 0.25) is 0 Å². The average molecular weight is 277 g/mol. The Labute approximate surface area is 120 Å². The molecule has 0 aromatic heterocycles. The first kappa shape index (κ1) is 13.7. The summed E-state index contributed by atoms with van der Waals surface area (Å²) in [5, 5.41) is 9.89. The molecule has 110 valence electrons. The molecule has 2 bridgehead atoms. The van der Waals surface area contributed by atoms with Crippen molar-refractivity contribution in [2.75, 3.05) is 14.2 Å². The van der Waals surface area contributed by atoms with Gasteiger partial charge in [0.25, 0.3) is 0 Å². The maximum atomic E-state index is 9.89. The van der Waals surface area contributed by atoms with E-state index in [2.05, 4.69) is 11.0 Å². The van der Waals surface area contributed by atoms with E-state index in [0.29, 0.717) is 12.1 Å². The molecule has 1 N–H and O–H groups in total. The zero-order valence-electron chi connectivity index (χ0n) is 12.2. The first-order valence-electron chi connectivity index (χ1n) is 7.36. The van der Waals surface area contributed by atoms with Crippen molar-refractivity contribution in [3.8, 4) is 11.5 Å². The monoisotopic (exact) mass is 277 g/mol. The highest BCUT2D eigenvalue weighted by molar-refractivity contribution is 5.40. The van der Waals surface area contributed by atoms with Gasteiger partial charge in [0.15, 0.2) is 0 Å². The van der Waals surface area contributed by atoms with Crippen LogP contribution in [0, 0.1) is 0 Å². The quantitative estimate of drug-likeness (QED) is 0.916. The standard InChI is InChI=1S/C16H23NO3/c1-19-15-5-6-16(20-2)11(7-15)10-17-12-3-4-13(17)9-14(18)8-12/h5-7,12-14,18H,3-4,8-10H2,1-2H3. The molecule has 2 heterocycles. The SMILES string of the molecule is COc1ccc(OC)c(CN2C3CCC2CC(O)C3)c1. The van der Waals surface area contributed by atoms with Crippen molar-refractivity contribution < 1.29 is 14.6 Å². The van der Waals surface area contributed by atoms with Gasteiger partial charge in [-0.3, -0.25) is 4.90 Å². The average Bonchev–Trinajstić information content (AvgIpc) is 2.70. The lowest BCUT2D eigenvalue weighted by molar-refractivity contribution is 0.0306. The van der Waals surface area contributed by atoms with Gasteiger partial charge < -0.3 is 14.6 Å². The largest absolute Gasteiger partial charge is 0.497 e. The maximum Gasteiger partial charge on any atom is 0.123 e. The van der Waals surface area contributed by atoms with Crippen LogP contribution in [0.2, 0.25) is 0 Å². The van der Waals surface area contributed by atoms with Gasteiger partial charge in [-0.1, -0.05) is 0 Å². The first-order valence-corrected chi connectivity index (χ1v) is 7.36.